The van der Waals surface area contributed by atoms with Gasteiger partial charge in [-0.3, -0.25) is 19.1 Å². The number of likely N-dealkylation sites (tertiary alicyclic amines) is 1. The van der Waals surface area contributed by atoms with Crippen LogP contribution in [0.2, 0.25) is 5.02 Å². The Morgan fingerprint density at radius 1 is 1.10 bits per heavy atom. The minimum atomic E-state index is -0.352. The number of pyridine rings is 1. The first-order valence-electron chi connectivity index (χ1n) is 13.5. The number of hydrogen-bond acceptors (Lipinski definition) is 6. The second-order valence-electron chi connectivity index (χ2n) is 10.4. The van der Waals surface area contributed by atoms with Crippen molar-refractivity contribution in [1.82, 2.24) is 29.9 Å². The Morgan fingerprint density at radius 3 is 2.70 bits per heavy atom. The third-order valence-corrected chi connectivity index (χ3v) is 7.58. The summed E-state index contributed by atoms with van der Waals surface area (Å²) in [5.74, 6) is -0.0921. The normalized spacial score (nSPS) is 19.8. The molecule has 10 nitrogen and oxygen atoms in total. The number of carbonyl (C=O) groups is 3. The molecule has 0 radical (unpaired) electrons. The van der Waals surface area contributed by atoms with Crippen molar-refractivity contribution in [2.75, 3.05) is 32.8 Å². The van der Waals surface area contributed by atoms with E-state index in [4.69, 9.17) is 16.3 Å². The molecule has 5 rings (SSSR count). The summed E-state index contributed by atoms with van der Waals surface area (Å²) in [7, 11) is 0. The first kappa shape index (κ1) is 27.6. The van der Waals surface area contributed by atoms with Crippen LogP contribution >= 0.6 is 11.6 Å². The van der Waals surface area contributed by atoms with E-state index in [0.29, 0.717) is 43.4 Å². The number of aryl methyl sites for hydroxylation is 2. The van der Waals surface area contributed by atoms with Gasteiger partial charge in [-0.25, -0.2) is 4.98 Å². The van der Waals surface area contributed by atoms with Crippen molar-refractivity contribution < 1.29 is 19.1 Å². The smallest absolute Gasteiger partial charge is 0.272 e. The molecule has 0 unspecified atom stereocenters. The third kappa shape index (κ3) is 6.44. The van der Waals surface area contributed by atoms with E-state index in [-0.39, 0.29) is 42.8 Å². The Balaban J connectivity index is 1.37. The van der Waals surface area contributed by atoms with Crippen molar-refractivity contribution in [3.8, 4) is 5.75 Å². The lowest BCUT2D eigenvalue weighted by Crippen LogP contribution is -2.47. The monoisotopic (exact) mass is 564 g/mol. The van der Waals surface area contributed by atoms with Crippen LogP contribution < -0.4 is 10.1 Å². The van der Waals surface area contributed by atoms with Crippen LogP contribution in [-0.2, 0) is 16.1 Å². The van der Waals surface area contributed by atoms with E-state index < -0.39 is 0 Å². The molecule has 1 aromatic carbocycles. The number of benzene rings is 1. The van der Waals surface area contributed by atoms with Gasteiger partial charge in [-0.15, -0.1) is 0 Å². The molecule has 3 amide bonds. The average Bonchev–Trinajstić information content (AvgIpc) is 3.49. The van der Waals surface area contributed by atoms with Crippen LogP contribution in [0.15, 0.2) is 48.7 Å². The second kappa shape index (κ2) is 12.1. The van der Waals surface area contributed by atoms with E-state index in [1.54, 1.807) is 26.6 Å². The molecule has 4 heterocycles. The zero-order chi connectivity index (χ0) is 28.2. The highest BCUT2D eigenvalue weighted by atomic mass is 35.5. The summed E-state index contributed by atoms with van der Waals surface area (Å²) in [5.41, 5.74) is 2.99. The molecule has 2 atom stereocenters. The van der Waals surface area contributed by atoms with Crippen LogP contribution in [0.25, 0.3) is 0 Å². The topological polar surface area (TPSA) is 110 Å². The van der Waals surface area contributed by atoms with Crippen LogP contribution in [0.4, 0.5) is 0 Å². The molecule has 0 spiro atoms. The molecule has 2 aromatic heterocycles. The molecule has 1 fully saturated rings. The van der Waals surface area contributed by atoms with Gasteiger partial charge in [-0.1, -0.05) is 23.7 Å². The number of nitrogens with zero attached hydrogens (tertiary/aromatic N) is 5. The summed E-state index contributed by atoms with van der Waals surface area (Å²) in [6.45, 7) is 5.41. The first-order chi connectivity index (χ1) is 19.3. The maximum Gasteiger partial charge on any atom is 0.272 e. The number of nitrogens with one attached hydrogen (secondary N) is 1. The average molecular weight is 565 g/mol. The number of ether oxygens (including phenoxy) is 1. The minimum absolute atomic E-state index is 0.0659. The molecule has 0 aliphatic carbocycles. The highest BCUT2D eigenvalue weighted by molar-refractivity contribution is 6.30. The summed E-state index contributed by atoms with van der Waals surface area (Å²) in [4.78, 5) is 47.4. The molecule has 40 heavy (non-hydrogen) atoms. The van der Waals surface area contributed by atoms with Gasteiger partial charge in [0.2, 0.25) is 11.8 Å². The molecule has 11 heteroatoms. The number of fused-ring (bicyclic) bond motifs is 4. The first-order valence-corrected chi connectivity index (χ1v) is 13.9. The van der Waals surface area contributed by atoms with Crippen LogP contribution in [0, 0.1) is 13.8 Å². The van der Waals surface area contributed by atoms with Gasteiger partial charge in [-0.05, 0) is 62.6 Å². The van der Waals surface area contributed by atoms with Crippen molar-refractivity contribution in [2.24, 2.45) is 0 Å². The van der Waals surface area contributed by atoms with Gasteiger partial charge in [0, 0.05) is 37.4 Å². The maximum atomic E-state index is 13.4. The van der Waals surface area contributed by atoms with Gasteiger partial charge in [0.1, 0.15) is 18.0 Å². The fourth-order valence-electron chi connectivity index (χ4n) is 5.33. The maximum absolute atomic E-state index is 13.4. The lowest BCUT2D eigenvalue weighted by atomic mass is 9.94. The highest BCUT2D eigenvalue weighted by Gasteiger charge is 2.38. The summed E-state index contributed by atoms with van der Waals surface area (Å²) in [5, 5.41) is 7.97. The van der Waals surface area contributed by atoms with Gasteiger partial charge in [0.05, 0.1) is 29.9 Å². The molecule has 2 bridgehead atoms. The quantitative estimate of drug-likeness (QED) is 0.524. The van der Waals surface area contributed by atoms with Gasteiger partial charge in [0.25, 0.3) is 5.91 Å². The van der Waals surface area contributed by atoms with E-state index in [2.05, 4.69) is 15.4 Å². The number of aromatic nitrogens is 3. The summed E-state index contributed by atoms with van der Waals surface area (Å²) < 4.78 is 7.68. The second-order valence-corrected chi connectivity index (χ2v) is 10.8. The molecule has 0 saturated carbocycles. The fourth-order valence-corrected chi connectivity index (χ4v) is 5.44. The summed E-state index contributed by atoms with van der Waals surface area (Å²) in [6, 6.07) is 12.6. The Morgan fingerprint density at radius 2 is 1.95 bits per heavy atom. The molecule has 210 valence electrons. The highest BCUT2D eigenvalue weighted by Crippen LogP contribution is 2.31. The van der Waals surface area contributed by atoms with Crippen LogP contribution in [0.3, 0.4) is 0 Å². The van der Waals surface area contributed by atoms with Crippen molar-refractivity contribution in [3.63, 3.8) is 0 Å². The lowest BCUT2D eigenvalue weighted by Gasteiger charge is -2.26. The molecular weight excluding hydrogens is 532 g/mol. The molecule has 1 saturated heterocycles. The Bertz CT molecular complexity index is 1390. The molecule has 1 N–H and O–H groups in total. The van der Waals surface area contributed by atoms with E-state index >= 15 is 0 Å². The van der Waals surface area contributed by atoms with E-state index in [0.717, 1.165) is 29.1 Å². The van der Waals surface area contributed by atoms with E-state index in [1.807, 2.05) is 44.2 Å². The third-order valence-electron chi connectivity index (χ3n) is 7.35. The minimum Gasteiger partial charge on any atom is -0.494 e. The number of hydrogen-bond donors (Lipinski definition) is 1. The largest absolute Gasteiger partial charge is 0.494 e. The fraction of sp³-hybridized carbons (Fsp3) is 0.414. The van der Waals surface area contributed by atoms with Gasteiger partial charge in [0.15, 0.2) is 0 Å². The van der Waals surface area contributed by atoms with Gasteiger partial charge < -0.3 is 19.9 Å². The van der Waals surface area contributed by atoms with Crippen LogP contribution in [0.1, 0.15) is 46.2 Å². The number of carbonyl (C=O) groups excluding carboxylic acids is 3. The standard InChI is InChI=1S/C29H33ClN6O4/c1-19-12-20(2)36(33-19)18-28(38)34-10-3-4-11-40-23-7-5-6-21(13-23)24-15-35(16-26(24)32-27(37)17-34)29(39)25-9-8-22(30)14-31-25/h5-9,12-14,24,26H,3-4,10-11,15-18H2,1-2H3,(H,32,37)/t24-,26+/m1/s1. The number of amides is 3. The van der Waals surface area contributed by atoms with E-state index in [9.17, 15) is 14.4 Å². The number of rotatable bonds is 3. The molecule has 2 aliphatic rings. The van der Waals surface area contributed by atoms with Crippen molar-refractivity contribution in [1.29, 1.82) is 0 Å². The molecule has 2 aliphatic heterocycles. The lowest BCUT2D eigenvalue weighted by molar-refractivity contribution is -0.137. The van der Waals surface area contributed by atoms with Gasteiger partial charge in [-0.2, -0.15) is 5.10 Å². The molecule has 3 aromatic rings. The van der Waals surface area contributed by atoms with Gasteiger partial charge >= 0.3 is 0 Å². The van der Waals surface area contributed by atoms with Crippen LogP contribution in [0.5, 0.6) is 5.75 Å². The molecular formula is C29H33ClN6O4. The number of halogens is 1. The van der Waals surface area contributed by atoms with Crippen molar-refractivity contribution in [3.05, 3.63) is 76.3 Å². The summed E-state index contributed by atoms with van der Waals surface area (Å²) in [6.07, 6.45) is 2.87. The summed E-state index contributed by atoms with van der Waals surface area (Å²) >= 11 is 5.95. The predicted octanol–water partition coefficient (Wildman–Crippen LogP) is 2.97. The zero-order valence-corrected chi connectivity index (χ0v) is 23.4. The van der Waals surface area contributed by atoms with Crippen molar-refractivity contribution in [2.45, 2.75) is 45.2 Å². The Hall–Kier alpha value is -3.92. The Kier molecular flexibility index (Phi) is 8.35. The SMILES string of the molecule is Cc1cc(C)n(CC(=O)N2CCCCOc3cccc(c3)[C@H]3CN(C(=O)c4ccc(Cl)cn4)C[C@@H]3NC(=O)C2)n1. The predicted molar refractivity (Wildman–Crippen MR) is 149 cm³/mol. The van der Waals surface area contributed by atoms with Crippen LogP contribution in [-0.4, -0.2) is 81.1 Å². The Labute approximate surface area is 238 Å². The van der Waals surface area contributed by atoms with Crippen molar-refractivity contribution >= 4 is 29.3 Å². The van der Waals surface area contributed by atoms with E-state index in [1.165, 1.54) is 6.20 Å². The zero-order valence-electron chi connectivity index (χ0n) is 22.7.